The lowest BCUT2D eigenvalue weighted by atomic mass is 9.75. The number of carboxylic acids is 1. The number of ether oxygens (including phenoxy) is 1. The van der Waals surface area contributed by atoms with Crippen LogP contribution in [0.1, 0.15) is 57.4 Å². The molecular weight excluding hydrogens is 477 g/mol. The van der Waals surface area contributed by atoms with Crippen molar-refractivity contribution < 1.29 is 24.5 Å². The van der Waals surface area contributed by atoms with Gasteiger partial charge in [-0.05, 0) is 47.2 Å². The number of hydrogen-bond donors (Lipinski definition) is 2. The fraction of sp³-hybridized carbons (Fsp3) is 0.462. The summed E-state index contributed by atoms with van der Waals surface area (Å²) in [6.07, 6.45) is -1.48. The number of rotatable bonds is 7. The third-order valence-corrected chi connectivity index (χ3v) is 6.83. The molecule has 1 saturated heterocycles. The van der Waals surface area contributed by atoms with Gasteiger partial charge in [-0.2, -0.15) is 0 Å². The smallest absolute Gasteiger partial charge is 0.310 e. The van der Waals surface area contributed by atoms with Crippen LogP contribution < -0.4 is 0 Å². The maximum atomic E-state index is 13.9. The van der Waals surface area contributed by atoms with Crippen molar-refractivity contribution in [3.63, 3.8) is 0 Å². The third kappa shape index (κ3) is 5.41. The van der Waals surface area contributed by atoms with E-state index in [-0.39, 0.29) is 6.61 Å². The number of benzene rings is 2. The Kier molecular flexibility index (Phi) is 8.30. The Hall–Kier alpha value is -2.12. The molecule has 1 heterocycles. The number of carboxylic acid groups (broad SMARTS) is 1. The molecule has 0 aliphatic carbocycles. The average Bonchev–Trinajstić information content (AvgIpc) is 2.76. The minimum absolute atomic E-state index is 0.269. The number of aliphatic carboxylic acids is 1. The van der Waals surface area contributed by atoms with Gasteiger partial charge in [0.25, 0.3) is 5.91 Å². The van der Waals surface area contributed by atoms with Crippen molar-refractivity contribution in [2.24, 2.45) is 11.3 Å². The molecule has 6 nitrogen and oxygen atoms in total. The normalized spacial score (nSPS) is 23.0. The van der Waals surface area contributed by atoms with E-state index in [0.717, 1.165) is 5.56 Å². The summed E-state index contributed by atoms with van der Waals surface area (Å²) in [4.78, 5) is 27.9. The van der Waals surface area contributed by atoms with E-state index in [1.807, 2.05) is 25.1 Å². The predicted molar refractivity (Wildman–Crippen MR) is 132 cm³/mol. The average molecular weight is 508 g/mol. The lowest BCUT2D eigenvalue weighted by Crippen LogP contribution is -2.59. The predicted octanol–water partition coefficient (Wildman–Crippen LogP) is 5.52. The fourth-order valence-electron chi connectivity index (χ4n) is 4.66. The van der Waals surface area contributed by atoms with Gasteiger partial charge < -0.3 is 19.8 Å². The van der Waals surface area contributed by atoms with Crippen LogP contribution in [0.15, 0.2) is 48.5 Å². The van der Waals surface area contributed by atoms with E-state index in [1.165, 1.54) is 0 Å². The Bertz CT molecular complexity index is 1020. The van der Waals surface area contributed by atoms with Crippen molar-refractivity contribution in [1.29, 1.82) is 0 Å². The molecule has 0 radical (unpaired) electrons. The van der Waals surface area contributed by atoms with E-state index < -0.39 is 47.5 Å². The zero-order valence-electron chi connectivity index (χ0n) is 19.7. The van der Waals surface area contributed by atoms with Gasteiger partial charge in [0.2, 0.25) is 0 Å². The van der Waals surface area contributed by atoms with Crippen molar-refractivity contribution in [3.05, 3.63) is 69.7 Å². The summed E-state index contributed by atoms with van der Waals surface area (Å²) < 4.78 is 6.41. The summed E-state index contributed by atoms with van der Waals surface area (Å²) in [6, 6.07) is 13.1. The van der Waals surface area contributed by atoms with Crippen molar-refractivity contribution >= 4 is 35.1 Å². The van der Waals surface area contributed by atoms with Crippen molar-refractivity contribution in [3.8, 4) is 0 Å². The van der Waals surface area contributed by atoms with E-state index in [0.29, 0.717) is 22.0 Å². The van der Waals surface area contributed by atoms with Gasteiger partial charge in [0.05, 0.1) is 24.6 Å². The lowest BCUT2D eigenvalue weighted by Gasteiger charge is -2.50. The molecule has 1 aliphatic rings. The fourth-order valence-corrected chi connectivity index (χ4v) is 4.98. The van der Waals surface area contributed by atoms with Gasteiger partial charge >= 0.3 is 5.97 Å². The molecule has 184 valence electrons. The van der Waals surface area contributed by atoms with Crippen LogP contribution >= 0.6 is 23.2 Å². The zero-order chi connectivity index (χ0) is 25.2. The summed E-state index contributed by atoms with van der Waals surface area (Å²) in [5, 5.41) is 21.3. The molecule has 0 bridgehead atoms. The molecule has 1 fully saturated rings. The van der Waals surface area contributed by atoms with Gasteiger partial charge in [0.15, 0.2) is 6.10 Å². The number of aliphatic hydroxyl groups is 1. The molecule has 1 unspecified atom stereocenters. The first-order valence-corrected chi connectivity index (χ1v) is 12.1. The van der Waals surface area contributed by atoms with E-state index >= 15 is 0 Å². The molecule has 2 aromatic carbocycles. The van der Waals surface area contributed by atoms with Crippen LogP contribution in [0.4, 0.5) is 0 Å². The quantitative estimate of drug-likeness (QED) is 0.514. The van der Waals surface area contributed by atoms with Crippen molar-refractivity contribution in [2.75, 3.05) is 6.61 Å². The monoisotopic (exact) mass is 507 g/mol. The summed E-state index contributed by atoms with van der Waals surface area (Å²) in [7, 11) is 0. The SMILES string of the molecule is CC[C@@H](CO)N1C(=O)[C@@H](C(C(=O)O)C(C)(C)C)O[C@H](c2cccc(Cl)c2)[C@H]1c1ccc(Cl)cc1. The second kappa shape index (κ2) is 10.6. The number of amides is 1. The van der Waals surface area contributed by atoms with Gasteiger partial charge in [0, 0.05) is 10.0 Å². The standard InChI is InChI=1S/C26H31Cl2NO5/c1-5-19(14-30)29-21(15-9-11-17(27)12-10-15)22(16-7-6-8-18(28)13-16)34-23(24(29)31)20(25(32)33)26(2,3)4/h6-13,19-23,30H,5,14H2,1-4H3,(H,32,33)/t19-,20?,21+,22+,23+/m0/s1. The molecule has 2 aromatic rings. The van der Waals surface area contributed by atoms with Crippen LogP contribution in [0.3, 0.4) is 0 Å². The Balaban J connectivity index is 2.25. The van der Waals surface area contributed by atoms with E-state index in [2.05, 4.69) is 0 Å². The topological polar surface area (TPSA) is 87.1 Å². The highest BCUT2D eigenvalue weighted by Gasteiger charge is 2.53. The molecule has 3 rings (SSSR count). The summed E-state index contributed by atoms with van der Waals surface area (Å²) in [6.45, 7) is 6.93. The van der Waals surface area contributed by atoms with Gasteiger partial charge in [0.1, 0.15) is 6.10 Å². The number of morpholine rings is 1. The molecular formula is C26H31Cl2NO5. The van der Waals surface area contributed by atoms with Gasteiger partial charge in [-0.3, -0.25) is 9.59 Å². The molecule has 2 N–H and O–H groups in total. The number of carbonyl (C=O) groups excluding carboxylic acids is 1. The summed E-state index contributed by atoms with van der Waals surface area (Å²) in [5.41, 5.74) is 0.710. The Morgan fingerprint density at radius 2 is 1.74 bits per heavy atom. The number of nitrogens with zero attached hydrogens (tertiary/aromatic N) is 1. The molecule has 1 amide bonds. The van der Waals surface area contributed by atoms with E-state index in [4.69, 9.17) is 27.9 Å². The molecule has 8 heteroatoms. The molecule has 1 aliphatic heterocycles. The molecule has 0 saturated carbocycles. The summed E-state index contributed by atoms with van der Waals surface area (Å²) in [5.74, 6) is -2.68. The zero-order valence-corrected chi connectivity index (χ0v) is 21.3. The molecule has 34 heavy (non-hydrogen) atoms. The first-order chi connectivity index (χ1) is 16.0. The molecule has 5 atom stereocenters. The maximum absolute atomic E-state index is 13.9. The van der Waals surface area contributed by atoms with Crippen LogP contribution in [0.5, 0.6) is 0 Å². The van der Waals surface area contributed by atoms with E-state index in [9.17, 15) is 19.8 Å². The van der Waals surface area contributed by atoms with Crippen LogP contribution in [-0.2, 0) is 14.3 Å². The Labute approximate surface area is 210 Å². The Morgan fingerprint density at radius 1 is 1.09 bits per heavy atom. The van der Waals surface area contributed by atoms with Crippen molar-refractivity contribution in [2.45, 2.75) is 58.4 Å². The van der Waals surface area contributed by atoms with Crippen LogP contribution in [0.25, 0.3) is 0 Å². The van der Waals surface area contributed by atoms with E-state index in [1.54, 1.807) is 56.0 Å². The van der Waals surface area contributed by atoms with Crippen molar-refractivity contribution in [1.82, 2.24) is 4.90 Å². The number of hydrogen-bond acceptors (Lipinski definition) is 4. The summed E-state index contributed by atoms with van der Waals surface area (Å²) >= 11 is 12.4. The second-order valence-corrected chi connectivity index (χ2v) is 10.6. The lowest BCUT2D eigenvalue weighted by molar-refractivity contribution is -0.199. The first kappa shape index (κ1) is 26.5. The highest BCUT2D eigenvalue weighted by atomic mass is 35.5. The molecule has 0 spiro atoms. The van der Waals surface area contributed by atoms with Gasteiger partial charge in [-0.1, -0.05) is 75.2 Å². The molecule has 0 aromatic heterocycles. The number of carbonyl (C=O) groups is 2. The minimum Gasteiger partial charge on any atom is -0.481 e. The van der Waals surface area contributed by atoms with Gasteiger partial charge in [-0.15, -0.1) is 0 Å². The van der Waals surface area contributed by atoms with Crippen LogP contribution in [0, 0.1) is 11.3 Å². The Morgan fingerprint density at radius 3 is 2.24 bits per heavy atom. The highest BCUT2D eigenvalue weighted by Crippen LogP contribution is 2.47. The van der Waals surface area contributed by atoms with Gasteiger partial charge in [-0.25, -0.2) is 0 Å². The largest absolute Gasteiger partial charge is 0.481 e. The first-order valence-electron chi connectivity index (χ1n) is 11.3. The number of halogens is 2. The third-order valence-electron chi connectivity index (χ3n) is 6.34. The second-order valence-electron chi connectivity index (χ2n) is 9.70. The maximum Gasteiger partial charge on any atom is 0.310 e. The number of aliphatic hydroxyl groups excluding tert-OH is 1. The van der Waals surface area contributed by atoms with Crippen LogP contribution in [-0.4, -0.2) is 45.7 Å². The highest BCUT2D eigenvalue weighted by molar-refractivity contribution is 6.30. The minimum atomic E-state index is -1.24. The van der Waals surface area contributed by atoms with Crippen LogP contribution in [0.2, 0.25) is 10.0 Å².